The fourth-order valence-electron chi connectivity index (χ4n) is 1.13. The maximum Gasteiger partial charge on any atom is 0.0657 e. The largest absolute Gasteiger partial charge is 0.264 e. The van der Waals surface area contributed by atoms with Crippen LogP contribution in [-0.2, 0) is 6.42 Å². The highest BCUT2D eigenvalue weighted by molar-refractivity contribution is 6.18. The van der Waals surface area contributed by atoms with Gasteiger partial charge in [0.15, 0.2) is 0 Å². The van der Waals surface area contributed by atoms with E-state index in [1.807, 2.05) is 13.0 Å². The molecule has 0 heterocycles. The van der Waals surface area contributed by atoms with Gasteiger partial charge in [-0.05, 0) is 37.3 Å². The number of alkyl halides is 1. The Labute approximate surface area is 78.1 Å². The third-order valence-corrected chi connectivity index (χ3v) is 1.96. The van der Waals surface area contributed by atoms with E-state index >= 15 is 0 Å². The van der Waals surface area contributed by atoms with Crippen LogP contribution in [0.25, 0.3) is 0 Å². The quantitative estimate of drug-likeness (QED) is 0.502. The summed E-state index contributed by atoms with van der Waals surface area (Å²) in [7, 11) is 0. The van der Waals surface area contributed by atoms with Crippen LogP contribution in [0.1, 0.15) is 11.1 Å². The van der Waals surface area contributed by atoms with Crippen LogP contribution in [0.15, 0.2) is 23.2 Å². The lowest BCUT2D eigenvalue weighted by atomic mass is 10.1. The number of nitrogens with zero attached hydrogens (tertiary/aromatic N) is 1. The first-order valence-electron chi connectivity index (χ1n) is 3.90. The van der Waals surface area contributed by atoms with E-state index in [1.54, 1.807) is 0 Å². The van der Waals surface area contributed by atoms with Gasteiger partial charge in [-0.1, -0.05) is 12.1 Å². The molecule has 0 saturated carbocycles. The zero-order valence-corrected chi connectivity index (χ0v) is 7.93. The van der Waals surface area contributed by atoms with E-state index in [1.165, 1.54) is 11.1 Å². The summed E-state index contributed by atoms with van der Waals surface area (Å²) in [5, 5.41) is 0. The van der Waals surface area contributed by atoms with Gasteiger partial charge in [-0.15, -0.1) is 11.6 Å². The molecule has 1 nitrogen and oxygen atoms in total. The van der Waals surface area contributed by atoms with Gasteiger partial charge in [-0.25, -0.2) is 0 Å². The zero-order chi connectivity index (χ0) is 8.97. The number of aryl methyl sites for hydroxylation is 2. The second-order valence-corrected chi connectivity index (χ2v) is 3.11. The number of hydrogen-bond acceptors (Lipinski definition) is 1. The highest BCUT2D eigenvalue weighted by Gasteiger charge is 1.99. The molecule has 0 aromatic heterocycles. The molecule has 1 aromatic rings. The molecule has 0 aliphatic heterocycles. The van der Waals surface area contributed by atoms with Gasteiger partial charge in [0.1, 0.15) is 0 Å². The summed E-state index contributed by atoms with van der Waals surface area (Å²) in [6.07, 6.45) is 0.857. The minimum atomic E-state index is 0.631. The third kappa shape index (κ3) is 2.08. The molecule has 0 fully saturated rings. The van der Waals surface area contributed by atoms with Crippen molar-refractivity contribution < 1.29 is 0 Å². The Kier molecular flexibility index (Phi) is 3.30. The molecule has 12 heavy (non-hydrogen) atoms. The molecule has 2 heteroatoms. The van der Waals surface area contributed by atoms with E-state index in [0.29, 0.717) is 5.88 Å². The van der Waals surface area contributed by atoms with Gasteiger partial charge < -0.3 is 0 Å². The van der Waals surface area contributed by atoms with Crippen molar-refractivity contribution in [3.05, 3.63) is 29.3 Å². The first-order chi connectivity index (χ1) is 5.77. The SMILES string of the molecule is C=Nc1cc(C)ccc1CCCl. The van der Waals surface area contributed by atoms with Crippen LogP contribution in [-0.4, -0.2) is 12.6 Å². The standard InChI is InChI=1S/C10H12ClN/c1-8-3-4-9(5-6-11)10(7-8)12-2/h3-4,7H,2,5-6H2,1H3. The van der Waals surface area contributed by atoms with Crippen molar-refractivity contribution in [1.82, 2.24) is 0 Å². The second-order valence-electron chi connectivity index (χ2n) is 2.73. The van der Waals surface area contributed by atoms with Crippen molar-refractivity contribution in [1.29, 1.82) is 0 Å². The van der Waals surface area contributed by atoms with Gasteiger partial charge >= 0.3 is 0 Å². The van der Waals surface area contributed by atoms with Crippen molar-refractivity contribution in [2.24, 2.45) is 4.99 Å². The number of rotatable bonds is 3. The van der Waals surface area contributed by atoms with Crippen molar-refractivity contribution in [2.75, 3.05) is 5.88 Å². The summed E-state index contributed by atoms with van der Waals surface area (Å²) in [6.45, 7) is 5.56. The predicted molar refractivity (Wildman–Crippen MR) is 54.8 cm³/mol. The number of benzene rings is 1. The first-order valence-corrected chi connectivity index (χ1v) is 4.43. The van der Waals surface area contributed by atoms with E-state index < -0.39 is 0 Å². The van der Waals surface area contributed by atoms with E-state index in [9.17, 15) is 0 Å². The molecule has 64 valence electrons. The lowest BCUT2D eigenvalue weighted by Gasteiger charge is -2.03. The Morgan fingerprint density at radius 1 is 1.50 bits per heavy atom. The van der Waals surface area contributed by atoms with Crippen molar-refractivity contribution in [3.8, 4) is 0 Å². The highest BCUT2D eigenvalue weighted by Crippen LogP contribution is 2.20. The van der Waals surface area contributed by atoms with Crippen molar-refractivity contribution >= 4 is 24.0 Å². The highest BCUT2D eigenvalue weighted by atomic mass is 35.5. The molecule has 0 amide bonds. The first kappa shape index (κ1) is 9.27. The molecular weight excluding hydrogens is 170 g/mol. The van der Waals surface area contributed by atoms with Gasteiger partial charge in [-0.2, -0.15) is 0 Å². The van der Waals surface area contributed by atoms with E-state index in [4.69, 9.17) is 11.6 Å². The van der Waals surface area contributed by atoms with Gasteiger partial charge in [0, 0.05) is 5.88 Å². The molecule has 0 aliphatic rings. The summed E-state index contributed by atoms with van der Waals surface area (Å²) in [5.74, 6) is 0.631. The van der Waals surface area contributed by atoms with Crippen LogP contribution in [0.2, 0.25) is 0 Å². The van der Waals surface area contributed by atoms with Crippen LogP contribution in [0, 0.1) is 6.92 Å². The summed E-state index contributed by atoms with van der Waals surface area (Å²) in [4.78, 5) is 3.94. The smallest absolute Gasteiger partial charge is 0.0657 e. The Bertz CT molecular complexity index is 281. The average molecular weight is 182 g/mol. The number of aliphatic imine (C=N–C) groups is 1. The lowest BCUT2D eigenvalue weighted by molar-refractivity contribution is 1.14. The van der Waals surface area contributed by atoms with E-state index in [-0.39, 0.29) is 0 Å². The van der Waals surface area contributed by atoms with Crippen LogP contribution in [0.5, 0.6) is 0 Å². The summed E-state index contributed by atoms with van der Waals surface area (Å²) in [6, 6.07) is 6.15. The average Bonchev–Trinajstić information content (AvgIpc) is 2.08. The van der Waals surface area contributed by atoms with Crippen LogP contribution in [0.3, 0.4) is 0 Å². The maximum atomic E-state index is 5.64. The Balaban J connectivity index is 3.02. The predicted octanol–water partition coefficient (Wildman–Crippen LogP) is 3.11. The minimum Gasteiger partial charge on any atom is -0.264 e. The summed E-state index contributed by atoms with van der Waals surface area (Å²) in [5.41, 5.74) is 3.33. The molecule has 0 atom stereocenters. The minimum absolute atomic E-state index is 0.631. The summed E-state index contributed by atoms with van der Waals surface area (Å²) < 4.78 is 0. The maximum absolute atomic E-state index is 5.64. The molecule has 0 radical (unpaired) electrons. The monoisotopic (exact) mass is 181 g/mol. The van der Waals surface area contributed by atoms with Crippen molar-refractivity contribution in [2.45, 2.75) is 13.3 Å². The Morgan fingerprint density at radius 2 is 2.25 bits per heavy atom. The molecule has 0 N–H and O–H groups in total. The molecule has 0 bridgehead atoms. The Hall–Kier alpha value is -0.820. The molecule has 0 unspecified atom stereocenters. The van der Waals surface area contributed by atoms with E-state index in [0.717, 1.165) is 12.1 Å². The molecule has 0 spiro atoms. The van der Waals surface area contributed by atoms with Gasteiger partial charge in [0.05, 0.1) is 5.69 Å². The van der Waals surface area contributed by atoms with Crippen LogP contribution >= 0.6 is 11.6 Å². The molecule has 1 rings (SSSR count). The fourth-order valence-corrected chi connectivity index (χ4v) is 1.34. The summed E-state index contributed by atoms with van der Waals surface area (Å²) >= 11 is 5.64. The zero-order valence-electron chi connectivity index (χ0n) is 7.18. The fraction of sp³-hybridized carbons (Fsp3) is 0.300. The van der Waals surface area contributed by atoms with Gasteiger partial charge in [0.2, 0.25) is 0 Å². The number of hydrogen-bond donors (Lipinski definition) is 0. The van der Waals surface area contributed by atoms with E-state index in [2.05, 4.69) is 23.8 Å². The van der Waals surface area contributed by atoms with Gasteiger partial charge in [0.25, 0.3) is 0 Å². The lowest BCUT2D eigenvalue weighted by Crippen LogP contribution is -1.87. The van der Waals surface area contributed by atoms with Gasteiger partial charge in [-0.3, -0.25) is 4.99 Å². The molecule has 1 aromatic carbocycles. The number of halogens is 1. The topological polar surface area (TPSA) is 12.4 Å². The Morgan fingerprint density at radius 3 is 2.83 bits per heavy atom. The molecular formula is C10H12ClN. The van der Waals surface area contributed by atoms with Crippen LogP contribution in [0.4, 0.5) is 5.69 Å². The van der Waals surface area contributed by atoms with Crippen LogP contribution < -0.4 is 0 Å². The normalized spacial score (nSPS) is 9.83. The van der Waals surface area contributed by atoms with Crippen molar-refractivity contribution in [3.63, 3.8) is 0 Å². The second kappa shape index (κ2) is 4.27. The molecule has 0 aliphatic carbocycles. The molecule has 0 saturated heterocycles. The third-order valence-electron chi connectivity index (χ3n) is 1.77.